The van der Waals surface area contributed by atoms with Crippen molar-refractivity contribution in [1.29, 1.82) is 5.26 Å². The molecule has 8 heteroatoms. The second-order valence-electron chi connectivity index (χ2n) is 5.66. The van der Waals surface area contributed by atoms with E-state index in [-0.39, 0.29) is 25.6 Å². The lowest BCUT2D eigenvalue weighted by Crippen LogP contribution is -2.46. The van der Waals surface area contributed by atoms with Crippen LogP contribution in [-0.4, -0.2) is 64.1 Å². The average molecular weight is 352 g/mol. The maximum Gasteiger partial charge on any atom is 0.279 e. The van der Waals surface area contributed by atoms with E-state index < -0.39 is 10.2 Å². The molecule has 1 N–H and O–H groups in total. The number of nitrogens with zero attached hydrogens (tertiary/aromatic N) is 3. The molecule has 1 atom stereocenters. The summed E-state index contributed by atoms with van der Waals surface area (Å²) < 4.78 is 33.9. The van der Waals surface area contributed by atoms with Gasteiger partial charge in [-0.15, -0.1) is 0 Å². The first kappa shape index (κ1) is 18.8. The zero-order valence-electron chi connectivity index (χ0n) is 13.9. The number of hydrogen-bond acceptors (Lipinski definition) is 5. The fraction of sp³-hybridized carbons (Fsp3) is 0.562. The van der Waals surface area contributed by atoms with E-state index in [1.807, 2.05) is 36.4 Å². The lowest BCUT2D eigenvalue weighted by molar-refractivity contribution is 0.0171. The predicted octanol–water partition coefficient (Wildman–Crippen LogP) is 0.740. The van der Waals surface area contributed by atoms with Gasteiger partial charge in [-0.1, -0.05) is 30.3 Å². The zero-order valence-corrected chi connectivity index (χ0v) is 14.7. The molecule has 0 saturated carbocycles. The largest absolute Gasteiger partial charge is 0.379 e. The minimum Gasteiger partial charge on any atom is -0.379 e. The number of benzene rings is 1. The number of morpholine rings is 1. The molecule has 1 aromatic carbocycles. The maximum absolute atomic E-state index is 12.3. The lowest BCUT2D eigenvalue weighted by atomic mass is 10.1. The second kappa shape index (κ2) is 9.11. The summed E-state index contributed by atoms with van der Waals surface area (Å²) in [4.78, 5) is 2.23. The Labute approximate surface area is 144 Å². The molecule has 1 heterocycles. The minimum absolute atomic E-state index is 0.0470. The average Bonchev–Trinajstić information content (AvgIpc) is 2.61. The van der Waals surface area contributed by atoms with Crippen molar-refractivity contribution in [3.63, 3.8) is 0 Å². The van der Waals surface area contributed by atoms with Crippen molar-refractivity contribution in [3.05, 3.63) is 35.9 Å². The second-order valence-corrected chi connectivity index (χ2v) is 7.52. The predicted molar refractivity (Wildman–Crippen MR) is 91.4 cm³/mol. The van der Waals surface area contributed by atoms with Crippen LogP contribution in [0, 0.1) is 11.3 Å². The fourth-order valence-electron chi connectivity index (χ4n) is 2.64. The van der Waals surface area contributed by atoms with Crippen LogP contribution < -0.4 is 4.72 Å². The molecule has 0 amide bonds. The lowest BCUT2D eigenvalue weighted by Gasteiger charge is -2.35. The molecule has 1 fully saturated rings. The molecule has 0 bridgehead atoms. The van der Waals surface area contributed by atoms with Gasteiger partial charge in [-0.05, 0) is 5.56 Å². The summed E-state index contributed by atoms with van der Waals surface area (Å²) in [6.45, 7) is 3.30. The van der Waals surface area contributed by atoms with Gasteiger partial charge in [0.15, 0.2) is 0 Å². The number of ether oxygens (including phenoxy) is 1. The number of rotatable bonds is 8. The normalized spacial score (nSPS) is 17.5. The summed E-state index contributed by atoms with van der Waals surface area (Å²) in [6.07, 6.45) is 0.170. The number of nitrogens with one attached hydrogen (secondary N) is 1. The Hall–Kier alpha value is -1.50. The molecule has 0 radical (unpaired) electrons. The highest BCUT2D eigenvalue weighted by Crippen LogP contribution is 2.21. The monoisotopic (exact) mass is 352 g/mol. The molecule has 7 nitrogen and oxygen atoms in total. The summed E-state index contributed by atoms with van der Waals surface area (Å²) in [7, 11) is -2.12. The Morgan fingerprint density at radius 2 is 2.00 bits per heavy atom. The molecule has 24 heavy (non-hydrogen) atoms. The molecule has 0 aliphatic carbocycles. The summed E-state index contributed by atoms with van der Waals surface area (Å²) in [5.41, 5.74) is 1.07. The van der Waals surface area contributed by atoms with Crippen LogP contribution in [0.5, 0.6) is 0 Å². The molecule has 0 aromatic heterocycles. The van der Waals surface area contributed by atoms with Crippen LogP contribution in [0.1, 0.15) is 18.0 Å². The molecule has 2 rings (SSSR count). The van der Waals surface area contributed by atoms with Gasteiger partial charge in [0, 0.05) is 45.7 Å². The Bertz CT molecular complexity index is 639. The Morgan fingerprint density at radius 1 is 1.33 bits per heavy atom. The van der Waals surface area contributed by atoms with Gasteiger partial charge < -0.3 is 4.74 Å². The van der Waals surface area contributed by atoms with Crippen LogP contribution in [0.3, 0.4) is 0 Å². The van der Waals surface area contributed by atoms with Crippen molar-refractivity contribution >= 4 is 10.2 Å². The van der Waals surface area contributed by atoms with Crippen molar-refractivity contribution < 1.29 is 13.2 Å². The van der Waals surface area contributed by atoms with E-state index in [1.54, 1.807) is 0 Å². The molecule has 1 aliphatic heterocycles. The van der Waals surface area contributed by atoms with Gasteiger partial charge in [-0.25, -0.2) is 4.72 Å². The fourth-order valence-corrected chi connectivity index (χ4v) is 3.56. The van der Waals surface area contributed by atoms with Crippen molar-refractivity contribution in [3.8, 4) is 6.07 Å². The van der Waals surface area contributed by atoms with E-state index >= 15 is 0 Å². The molecule has 132 valence electrons. The van der Waals surface area contributed by atoms with Gasteiger partial charge in [0.25, 0.3) is 10.2 Å². The van der Waals surface area contributed by atoms with Gasteiger partial charge in [0.05, 0.1) is 19.3 Å². The molecule has 0 spiro atoms. The first-order chi connectivity index (χ1) is 11.5. The van der Waals surface area contributed by atoms with Crippen molar-refractivity contribution in [2.75, 3.05) is 46.4 Å². The third-order valence-corrected chi connectivity index (χ3v) is 5.61. The Morgan fingerprint density at radius 3 is 2.62 bits per heavy atom. The molecule has 1 saturated heterocycles. The van der Waals surface area contributed by atoms with E-state index in [0.717, 1.165) is 18.7 Å². The van der Waals surface area contributed by atoms with Crippen LogP contribution in [0.25, 0.3) is 0 Å². The molecular weight excluding hydrogens is 328 g/mol. The quantitative estimate of drug-likeness (QED) is 0.746. The summed E-state index contributed by atoms with van der Waals surface area (Å²) >= 11 is 0. The molecular formula is C16H24N4O3S. The highest BCUT2D eigenvalue weighted by Gasteiger charge is 2.25. The number of hydrogen-bond donors (Lipinski definition) is 1. The Balaban J connectivity index is 2.07. The first-order valence-electron chi connectivity index (χ1n) is 7.99. The minimum atomic E-state index is -3.60. The topological polar surface area (TPSA) is 85.7 Å². The van der Waals surface area contributed by atoms with Crippen LogP contribution in [0.2, 0.25) is 0 Å². The van der Waals surface area contributed by atoms with E-state index in [2.05, 4.69) is 9.62 Å². The highest BCUT2D eigenvalue weighted by molar-refractivity contribution is 7.87. The van der Waals surface area contributed by atoms with Gasteiger partial charge in [0.2, 0.25) is 0 Å². The van der Waals surface area contributed by atoms with Gasteiger partial charge in [-0.2, -0.15) is 18.0 Å². The van der Waals surface area contributed by atoms with Gasteiger partial charge in [0.1, 0.15) is 0 Å². The summed E-state index contributed by atoms with van der Waals surface area (Å²) in [5.74, 6) is 0. The van der Waals surface area contributed by atoms with Crippen LogP contribution in [0.4, 0.5) is 0 Å². The van der Waals surface area contributed by atoms with Crippen molar-refractivity contribution in [2.45, 2.75) is 12.5 Å². The van der Waals surface area contributed by atoms with E-state index in [9.17, 15) is 8.42 Å². The van der Waals surface area contributed by atoms with E-state index in [0.29, 0.717) is 13.2 Å². The first-order valence-corrected chi connectivity index (χ1v) is 9.43. The SMILES string of the molecule is CN(CCC#N)S(=O)(=O)NCC(c1ccccc1)N1CCOCC1. The molecule has 1 aliphatic rings. The van der Waals surface area contributed by atoms with Crippen LogP contribution >= 0.6 is 0 Å². The third kappa shape index (κ3) is 5.26. The molecule has 1 aromatic rings. The highest BCUT2D eigenvalue weighted by atomic mass is 32.2. The van der Waals surface area contributed by atoms with Gasteiger partial charge >= 0.3 is 0 Å². The van der Waals surface area contributed by atoms with Crippen molar-refractivity contribution in [1.82, 2.24) is 13.9 Å². The van der Waals surface area contributed by atoms with Crippen LogP contribution in [0.15, 0.2) is 30.3 Å². The number of nitriles is 1. The van der Waals surface area contributed by atoms with Gasteiger partial charge in [-0.3, -0.25) is 4.90 Å². The van der Waals surface area contributed by atoms with E-state index in [4.69, 9.17) is 10.00 Å². The summed E-state index contributed by atoms with van der Waals surface area (Å²) in [6, 6.07) is 11.8. The van der Waals surface area contributed by atoms with Crippen LogP contribution in [-0.2, 0) is 14.9 Å². The zero-order chi connectivity index (χ0) is 17.4. The van der Waals surface area contributed by atoms with Crippen molar-refractivity contribution in [2.24, 2.45) is 0 Å². The third-order valence-electron chi connectivity index (χ3n) is 4.08. The molecule has 1 unspecified atom stereocenters. The van der Waals surface area contributed by atoms with E-state index in [1.165, 1.54) is 11.4 Å². The summed E-state index contributed by atoms with van der Waals surface area (Å²) in [5, 5.41) is 8.61. The maximum atomic E-state index is 12.3. The Kier molecular flexibility index (Phi) is 7.15. The standard InChI is InChI=1S/C16H24N4O3S/c1-19(9-5-8-17)24(21,22)18-14-16(15-6-3-2-4-7-15)20-10-12-23-13-11-20/h2-4,6-7,16,18H,5,9-14H2,1H3. The smallest absolute Gasteiger partial charge is 0.279 e.